The lowest BCUT2D eigenvalue weighted by atomic mass is 9.90. The van der Waals surface area contributed by atoms with E-state index in [9.17, 15) is 0 Å². The molecule has 0 spiro atoms. The molecule has 1 heterocycles. The van der Waals surface area contributed by atoms with Crippen molar-refractivity contribution in [3.05, 3.63) is 224 Å². The van der Waals surface area contributed by atoms with Gasteiger partial charge in [0.25, 0.3) is 0 Å². The van der Waals surface area contributed by atoms with E-state index < -0.39 is 0 Å². The second-order valence-electron chi connectivity index (χ2n) is 14.1. The van der Waals surface area contributed by atoms with Crippen LogP contribution < -0.4 is 4.90 Å². The summed E-state index contributed by atoms with van der Waals surface area (Å²) in [7, 11) is 0. The molecule has 0 radical (unpaired) electrons. The normalized spacial score (nSPS) is 11.2. The highest BCUT2D eigenvalue weighted by molar-refractivity contribution is 6.10. The lowest BCUT2D eigenvalue weighted by Gasteiger charge is -2.26. The first kappa shape index (κ1) is 33.2. The van der Waals surface area contributed by atoms with E-state index in [-0.39, 0.29) is 0 Å². The molecule has 264 valence electrons. The van der Waals surface area contributed by atoms with Crippen molar-refractivity contribution in [2.75, 3.05) is 4.90 Å². The van der Waals surface area contributed by atoms with Gasteiger partial charge < -0.3 is 9.32 Å². The van der Waals surface area contributed by atoms with Crippen molar-refractivity contribution >= 4 is 39.0 Å². The zero-order valence-corrected chi connectivity index (χ0v) is 30.7. The van der Waals surface area contributed by atoms with Crippen molar-refractivity contribution in [1.82, 2.24) is 0 Å². The first-order valence-electron chi connectivity index (χ1n) is 19.1. The van der Waals surface area contributed by atoms with E-state index in [4.69, 9.17) is 4.42 Å². The summed E-state index contributed by atoms with van der Waals surface area (Å²) in [5, 5.41) is 2.27. The van der Waals surface area contributed by atoms with E-state index in [1.54, 1.807) is 0 Å². The van der Waals surface area contributed by atoms with Gasteiger partial charge in [-0.1, -0.05) is 176 Å². The van der Waals surface area contributed by atoms with E-state index in [0.29, 0.717) is 0 Å². The fourth-order valence-electron chi connectivity index (χ4n) is 7.89. The van der Waals surface area contributed by atoms with Gasteiger partial charge in [0.15, 0.2) is 0 Å². The van der Waals surface area contributed by atoms with Gasteiger partial charge in [-0.25, -0.2) is 0 Å². The summed E-state index contributed by atoms with van der Waals surface area (Å²) in [4.78, 5) is 2.33. The van der Waals surface area contributed by atoms with Crippen LogP contribution >= 0.6 is 0 Å². The SMILES string of the molecule is c1ccc(-c2ccc(N(c3ccc(-c4ccccc4)cc3)c3ccc(-c4ccc(-c5cccc6c5oc5ccccc56)c(-c5ccccc5)c4)cc3)cc2)cc1. The maximum Gasteiger partial charge on any atom is 0.143 e. The molecule has 0 N–H and O–H groups in total. The molecule has 2 heteroatoms. The predicted octanol–water partition coefficient (Wildman–Crippen LogP) is 15.4. The highest BCUT2D eigenvalue weighted by Crippen LogP contribution is 2.42. The number of hydrogen-bond donors (Lipinski definition) is 0. The second kappa shape index (κ2) is 14.4. The first-order chi connectivity index (χ1) is 27.8. The Morgan fingerprint density at radius 2 is 0.696 bits per heavy atom. The Morgan fingerprint density at radius 1 is 0.268 bits per heavy atom. The van der Waals surface area contributed by atoms with Crippen LogP contribution in [0.1, 0.15) is 0 Å². The van der Waals surface area contributed by atoms with Crippen LogP contribution in [-0.4, -0.2) is 0 Å². The molecule has 0 saturated carbocycles. The van der Waals surface area contributed by atoms with Crippen LogP contribution in [0.3, 0.4) is 0 Å². The van der Waals surface area contributed by atoms with Crippen LogP contribution in [0, 0.1) is 0 Å². The van der Waals surface area contributed by atoms with Crippen LogP contribution in [0.15, 0.2) is 229 Å². The molecule has 1 aromatic heterocycles. The van der Waals surface area contributed by atoms with Gasteiger partial charge in [-0.3, -0.25) is 0 Å². The Hall–Kier alpha value is -7.42. The molecular formula is C54H37NO. The number of anilines is 3. The Balaban J connectivity index is 1.04. The van der Waals surface area contributed by atoms with Gasteiger partial charge in [-0.2, -0.15) is 0 Å². The smallest absolute Gasteiger partial charge is 0.143 e. The summed E-state index contributed by atoms with van der Waals surface area (Å²) in [6, 6.07) is 80.0. The topological polar surface area (TPSA) is 16.4 Å². The van der Waals surface area contributed by atoms with Gasteiger partial charge in [0.2, 0.25) is 0 Å². The van der Waals surface area contributed by atoms with Gasteiger partial charge in [0.05, 0.1) is 0 Å². The molecule has 0 aliphatic heterocycles. The molecule has 56 heavy (non-hydrogen) atoms. The minimum Gasteiger partial charge on any atom is -0.455 e. The van der Waals surface area contributed by atoms with Crippen molar-refractivity contribution in [2.24, 2.45) is 0 Å². The molecule has 0 amide bonds. The molecule has 0 saturated heterocycles. The monoisotopic (exact) mass is 715 g/mol. The molecule has 0 fully saturated rings. The van der Waals surface area contributed by atoms with E-state index in [0.717, 1.165) is 66.8 Å². The highest BCUT2D eigenvalue weighted by atomic mass is 16.3. The first-order valence-corrected chi connectivity index (χ1v) is 19.1. The molecule has 2 nitrogen and oxygen atoms in total. The van der Waals surface area contributed by atoms with Gasteiger partial charge in [0.1, 0.15) is 11.2 Å². The average molecular weight is 716 g/mol. The maximum absolute atomic E-state index is 6.51. The van der Waals surface area contributed by atoms with E-state index in [1.165, 1.54) is 27.8 Å². The van der Waals surface area contributed by atoms with Gasteiger partial charge >= 0.3 is 0 Å². The van der Waals surface area contributed by atoms with Crippen molar-refractivity contribution in [3.63, 3.8) is 0 Å². The van der Waals surface area contributed by atoms with Crippen LogP contribution in [0.2, 0.25) is 0 Å². The van der Waals surface area contributed by atoms with Crippen molar-refractivity contribution in [2.45, 2.75) is 0 Å². The number of furan rings is 1. The van der Waals surface area contributed by atoms with Crippen molar-refractivity contribution < 1.29 is 4.42 Å². The molecule has 0 atom stereocenters. The van der Waals surface area contributed by atoms with Crippen molar-refractivity contribution in [3.8, 4) is 55.6 Å². The number of para-hydroxylation sites is 2. The van der Waals surface area contributed by atoms with E-state index in [2.05, 4.69) is 217 Å². The molecular weight excluding hydrogens is 679 g/mol. The highest BCUT2D eigenvalue weighted by Gasteiger charge is 2.18. The molecule has 0 unspecified atom stereocenters. The van der Waals surface area contributed by atoms with Crippen LogP contribution in [0.25, 0.3) is 77.6 Å². The minimum atomic E-state index is 0.904. The lowest BCUT2D eigenvalue weighted by molar-refractivity contribution is 0.670. The van der Waals surface area contributed by atoms with E-state index >= 15 is 0 Å². The van der Waals surface area contributed by atoms with Gasteiger partial charge in [-0.15, -0.1) is 0 Å². The molecule has 10 rings (SSSR count). The predicted molar refractivity (Wildman–Crippen MR) is 236 cm³/mol. The number of fused-ring (bicyclic) bond motifs is 3. The Bertz CT molecular complexity index is 2830. The van der Waals surface area contributed by atoms with Gasteiger partial charge in [-0.05, 0) is 98.6 Å². The fourth-order valence-corrected chi connectivity index (χ4v) is 7.89. The fraction of sp³-hybridized carbons (Fsp3) is 0. The third-order valence-electron chi connectivity index (χ3n) is 10.7. The summed E-state index contributed by atoms with van der Waals surface area (Å²) in [6.45, 7) is 0. The third kappa shape index (κ3) is 6.24. The summed E-state index contributed by atoms with van der Waals surface area (Å²) < 4.78 is 6.51. The third-order valence-corrected chi connectivity index (χ3v) is 10.7. The number of nitrogens with zero attached hydrogens (tertiary/aromatic N) is 1. The number of hydrogen-bond acceptors (Lipinski definition) is 2. The second-order valence-corrected chi connectivity index (χ2v) is 14.1. The van der Waals surface area contributed by atoms with Crippen LogP contribution in [0.5, 0.6) is 0 Å². The Morgan fingerprint density at radius 3 is 1.25 bits per heavy atom. The summed E-state index contributed by atoms with van der Waals surface area (Å²) >= 11 is 0. The van der Waals surface area contributed by atoms with Crippen molar-refractivity contribution in [1.29, 1.82) is 0 Å². The number of benzene rings is 9. The lowest BCUT2D eigenvalue weighted by Crippen LogP contribution is -2.09. The molecule has 0 aliphatic carbocycles. The molecule has 10 aromatic rings. The molecule has 0 aliphatic rings. The Kier molecular flexibility index (Phi) is 8.55. The standard InChI is InChI=1S/C54H37NO/c1-4-13-38(14-5-1)40-23-30-45(31-24-40)55(46-32-25-41(26-33-46)39-15-6-2-7-16-39)47-34-27-42(28-35-47)44-29-36-48(52(37-44)43-17-8-3-9-18-43)50-20-12-21-51-49-19-10-11-22-53(49)56-54(50)51/h1-37H. The molecule has 0 bridgehead atoms. The van der Waals surface area contributed by atoms with E-state index in [1.807, 2.05) is 12.1 Å². The summed E-state index contributed by atoms with van der Waals surface area (Å²) in [5.74, 6) is 0. The zero-order valence-electron chi connectivity index (χ0n) is 30.7. The molecule has 9 aromatic carbocycles. The zero-order chi connectivity index (χ0) is 37.3. The maximum atomic E-state index is 6.51. The summed E-state index contributed by atoms with van der Waals surface area (Å²) in [6.07, 6.45) is 0. The van der Waals surface area contributed by atoms with Crippen LogP contribution in [-0.2, 0) is 0 Å². The average Bonchev–Trinajstić information content (AvgIpc) is 3.67. The largest absolute Gasteiger partial charge is 0.455 e. The minimum absolute atomic E-state index is 0.904. The summed E-state index contributed by atoms with van der Waals surface area (Å²) in [5.41, 5.74) is 16.8. The number of rotatable bonds is 8. The van der Waals surface area contributed by atoms with Gasteiger partial charge in [0, 0.05) is 33.4 Å². The Labute approximate surface area is 327 Å². The quantitative estimate of drug-likeness (QED) is 0.156. The van der Waals surface area contributed by atoms with Crippen LogP contribution in [0.4, 0.5) is 17.1 Å².